The number of rotatable bonds is 3. The predicted molar refractivity (Wildman–Crippen MR) is 90.1 cm³/mol. The van der Waals surface area contributed by atoms with Crippen molar-refractivity contribution in [2.75, 3.05) is 12.0 Å². The average molecular weight is 338 g/mol. The van der Waals surface area contributed by atoms with Gasteiger partial charge in [0.05, 0.1) is 12.8 Å². The molecule has 0 spiro atoms. The molecule has 1 fully saturated rings. The van der Waals surface area contributed by atoms with Gasteiger partial charge in [0.15, 0.2) is 0 Å². The summed E-state index contributed by atoms with van der Waals surface area (Å²) in [4.78, 5) is 37.8. The Morgan fingerprint density at radius 3 is 2.56 bits per heavy atom. The quantitative estimate of drug-likeness (QED) is 0.660. The molecule has 0 unspecified atom stereocenters. The van der Waals surface area contributed by atoms with E-state index in [1.165, 1.54) is 31.4 Å². The van der Waals surface area contributed by atoms with Crippen LogP contribution in [-0.4, -0.2) is 30.1 Å². The normalized spacial score (nSPS) is 16.1. The zero-order chi connectivity index (χ0) is 18.0. The predicted octanol–water partition coefficient (Wildman–Crippen LogP) is 2.07. The van der Waals surface area contributed by atoms with Crippen LogP contribution >= 0.6 is 0 Å². The van der Waals surface area contributed by atoms with Gasteiger partial charge in [-0.2, -0.15) is 0 Å². The monoisotopic (exact) mass is 338 g/mol. The Labute approximate surface area is 143 Å². The maximum absolute atomic E-state index is 12.7. The summed E-state index contributed by atoms with van der Waals surface area (Å²) in [6.45, 7) is 0. The Kier molecular flexibility index (Phi) is 4.21. The van der Waals surface area contributed by atoms with E-state index >= 15 is 0 Å². The molecule has 25 heavy (non-hydrogen) atoms. The second kappa shape index (κ2) is 6.48. The number of nitrogens with one attached hydrogen (secondary N) is 1. The van der Waals surface area contributed by atoms with E-state index in [2.05, 4.69) is 5.32 Å². The average Bonchev–Trinajstić information content (AvgIpc) is 2.59. The summed E-state index contributed by atoms with van der Waals surface area (Å²) in [5.74, 6) is -1.09. The summed E-state index contributed by atoms with van der Waals surface area (Å²) in [5.41, 5.74) is 0.516. The van der Waals surface area contributed by atoms with Crippen molar-refractivity contribution in [2.24, 2.45) is 0 Å². The number of methoxy groups -OCH3 is 1. The molecule has 1 aliphatic heterocycles. The molecule has 0 atom stereocenters. The van der Waals surface area contributed by atoms with Gasteiger partial charge >= 0.3 is 6.03 Å². The lowest BCUT2D eigenvalue weighted by molar-refractivity contribution is -0.122. The largest absolute Gasteiger partial charge is 0.508 e. The molecule has 2 N–H and O–H groups in total. The number of carbonyl (C=O) groups excluding carboxylic acids is 3. The van der Waals surface area contributed by atoms with E-state index < -0.39 is 17.8 Å². The molecule has 0 bridgehead atoms. The number of urea groups is 1. The number of benzene rings is 2. The molecule has 1 aliphatic rings. The van der Waals surface area contributed by atoms with Gasteiger partial charge in [0.1, 0.15) is 17.1 Å². The number of nitrogens with zero attached hydrogens (tertiary/aromatic N) is 1. The maximum atomic E-state index is 12.7. The SMILES string of the molecule is COc1cccc(N2C(=O)NC(=O)/C(=C\c3cccc(O)c3)C2=O)c1. The Hall–Kier alpha value is -3.61. The van der Waals surface area contributed by atoms with Crippen LogP contribution in [0.3, 0.4) is 0 Å². The maximum Gasteiger partial charge on any atom is 0.335 e. The highest BCUT2D eigenvalue weighted by atomic mass is 16.5. The Bertz CT molecular complexity index is 904. The van der Waals surface area contributed by atoms with Crippen molar-refractivity contribution in [2.45, 2.75) is 0 Å². The molecule has 0 aromatic heterocycles. The minimum atomic E-state index is -0.837. The first-order valence-electron chi connectivity index (χ1n) is 7.34. The van der Waals surface area contributed by atoms with E-state index in [1.807, 2.05) is 0 Å². The summed E-state index contributed by atoms with van der Waals surface area (Å²) >= 11 is 0. The van der Waals surface area contributed by atoms with Crippen molar-refractivity contribution in [1.82, 2.24) is 5.32 Å². The molecular formula is C18H14N2O5. The van der Waals surface area contributed by atoms with Crippen LogP contribution in [0.15, 0.2) is 54.1 Å². The minimum Gasteiger partial charge on any atom is -0.508 e. The lowest BCUT2D eigenvalue weighted by Crippen LogP contribution is -2.54. The third-order valence-electron chi connectivity index (χ3n) is 3.59. The second-order valence-corrected chi connectivity index (χ2v) is 5.25. The lowest BCUT2D eigenvalue weighted by atomic mass is 10.1. The molecule has 0 radical (unpaired) electrons. The van der Waals surface area contributed by atoms with Gasteiger partial charge in [-0.05, 0) is 35.9 Å². The van der Waals surface area contributed by atoms with Crippen LogP contribution in [0.5, 0.6) is 11.5 Å². The summed E-state index contributed by atoms with van der Waals surface area (Å²) in [6.07, 6.45) is 1.32. The van der Waals surface area contributed by atoms with Crippen LogP contribution in [0, 0.1) is 0 Å². The number of aromatic hydroxyl groups is 1. The van der Waals surface area contributed by atoms with Crippen LogP contribution in [-0.2, 0) is 9.59 Å². The smallest absolute Gasteiger partial charge is 0.335 e. The molecular weight excluding hydrogens is 324 g/mol. The van der Waals surface area contributed by atoms with Crippen molar-refractivity contribution in [3.63, 3.8) is 0 Å². The Balaban J connectivity index is 2.02. The molecule has 0 aliphatic carbocycles. The first-order valence-corrected chi connectivity index (χ1v) is 7.34. The third kappa shape index (κ3) is 3.20. The third-order valence-corrected chi connectivity index (χ3v) is 3.59. The van der Waals surface area contributed by atoms with Gasteiger partial charge in [-0.15, -0.1) is 0 Å². The highest BCUT2D eigenvalue weighted by Crippen LogP contribution is 2.25. The van der Waals surface area contributed by atoms with Gasteiger partial charge in [-0.1, -0.05) is 18.2 Å². The van der Waals surface area contributed by atoms with Gasteiger partial charge in [-0.3, -0.25) is 14.9 Å². The van der Waals surface area contributed by atoms with Gasteiger partial charge < -0.3 is 9.84 Å². The van der Waals surface area contributed by atoms with Crippen LogP contribution in [0.25, 0.3) is 6.08 Å². The van der Waals surface area contributed by atoms with E-state index in [9.17, 15) is 19.5 Å². The van der Waals surface area contributed by atoms with Gasteiger partial charge in [0.2, 0.25) is 0 Å². The van der Waals surface area contributed by atoms with Gasteiger partial charge in [-0.25, -0.2) is 9.69 Å². The van der Waals surface area contributed by atoms with E-state index in [-0.39, 0.29) is 17.0 Å². The fourth-order valence-corrected chi connectivity index (χ4v) is 2.42. The van der Waals surface area contributed by atoms with Crippen molar-refractivity contribution >= 4 is 29.6 Å². The zero-order valence-corrected chi connectivity index (χ0v) is 13.2. The fourth-order valence-electron chi connectivity index (χ4n) is 2.42. The number of ether oxygens (including phenoxy) is 1. The number of hydrogen-bond acceptors (Lipinski definition) is 5. The van der Waals surface area contributed by atoms with Crippen LogP contribution in [0.4, 0.5) is 10.5 Å². The molecule has 2 aromatic rings. The van der Waals surface area contributed by atoms with Crippen molar-refractivity contribution in [3.8, 4) is 11.5 Å². The second-order valence-electron chi connectivity index (χ2n) is 5.25. The molecule has 7 nitrogen and oxygen atoms in total. The summed E-state index contributed by atoms with van der Waals surface area (Å²) in [6, 6.07) is 11.6. The Morgan fingerprint density at radius 2 is 1.84 bits per heavy atom. The van der Waals surface area contributed by atoms with E-state index in [4.69, 9.17) is 4.74 Å². The molecule has 4 amide bonds. The van der Waals surface area contributed by atoms with Crippen molar-refractivity contribution in [1.29, 1.82) is 0 Å². The van der Waals surface area contributed by atoms with Gasteiger partial charge in [0.25, 0.3) is 11.8 Å². The molecule has 2 aromatic carbocycles. The minimum absolute atomic E-state index is 0.00116. The first kappa shape index (κ1) is 16.3. The summed E-state index contributed by atoms with van der Waals surface area (Å²) in [7, 11) is 1.47. The van der Waals surface area contributed by atoms with Gasteiger partial charge in [0, 0.05) is 6.07 Å². The molecule has 1 saturated heterocycles. The standard InChI is InChI=1S/C18H14N2O5/c1-25-14-7-3-5-12(10-14)20-17(23)15(16(22)19-18(20)24)9-11-4-2-6-13(21)8-11/h2-10,21H,1H3,(H,19,22,24)/b15-9+. The molecule has 1 heterocycles. The molecule has 0 saturated carbocycles. The van der Waals surface area contributed by atoms with Crippen molar-refractivity contribution in [3.05, 3.63) is 59.7 Å². The zero-order valence-electron chi connectivity index (χ0n) is 13.2. The highest BCUT2D eigenvalue weighted by Gasteiger charge is 2.36. The van der Waals surface area contributed by atoms with E-state index in [1.54, 1.807) is 30.3 Å². The molecule has 126 valence electrons. The molecule has 7 heteroatoms. The summed E-state index contributed by atoms with van der Waals surface area (Å²) < 4.78 is 5.09. The fraction of sp³-hybridized carbons (Fsp3) is 0.0556. The number of phenols is 1. The number of carbonyl (C=O) groups is 3. The first-order chi connectivity index (χ1) is 12.0. The van der Waals surface area contributed by atoms with Crippen LogP contribution in [0.2, 0.25) is 0 Å². The number of hydrogen-bond donors (Lipinski definition) is 2. The highest BCUT2D eigenvalue weighted by molar-refractivity contribution is 6.39. The van der Waals surface area contributed by atoms with Crippen LogP contribution < -0.4 is 15.0 Å². The van der Waals surface area contributed by atoms with E-state index in [0.29, 0.717) is 11.3 Å². The van der Waals surface area contributed by atoms with Crippen LogP contribution in [0.1, 0.15) is 5.56 Å². The molecule has 3 rings (SSSR count). The Morgan fingerprint density at radius 1 is 1.08 bits per heavy atom. The number of barbiturate groups is 1. The number of phenolic OH excluding ortho intramolecular Hbond substituents is 1. The van der Waals surface area contributed by atoms with E-state index in [0.717, 1.165) is 4.90 Å². The number of amides is 4. The summed E-state index contributed by atoms with van der Waals surface area (Å²) in [5, 5.41) is 11.6. The number of imide groups is 2. The number of anilines is 1. The lowest BCUT2D eigenvalue weighted by Gasteiger charge is -2.26. The topological polar surface area (TPSA) is 95.9 Å². The van der Waals surface area contributed by atoms with Crippen molar-refractivity contribution < 1.29 is 24.2 Å².